The molecule has 4 heteroatoms. The molecule has 0 aromatic rings. The second-order valence-electron chi connectivity index (χ2n) is 2.73. The number of carbonyl (C=O) groups is 2. The Morgan fingerprint density at radius 2 is 1.71 bits per heavy atom. The summed E-state index contributed by atoms with van der Waals surface area (Å²) in [6, 6.07) is 0. The topological polar surface area (TPSA) is 52.6 Å². The Morgan fingerprint density at radius 3 is 2.14 bits per heavy atom. The number of carbonyl (C=O) groups excluding carboxylic acids is 2. The third kappa shape index (κ3) is 4.45. The van der Waals surface area contributed by atoms with Crippen LogP contribution in [0.1, 0.15) is 20.8 Å². The standard InChI is InChI=1S/C10H14O4/c1-5-8(4)10(12)14-6-13-9(11)7(2)3/h5H,2,6H2,1,3-4H3. The van der Waals surface area contributed by atoms with Crippen molar-refractivity contribution in [1.82, 2.24) is 0 Å². The van der Waals surface area contributed by atoms with Gasteiger partial charge in [-0.3, -0.25) is 0 Å². The van der Waals surface area contributed by atoms with Crippen LogP contribution in [0.25, 0.3) is 0 Å². The Bertz CT molecular complexity index is 276. The molecule has 0 saturated heterocycles. The Morgan fingerprint density at radius 1 is 1.21 bits per heavy atom. The van der Waals surface area contributed by atoms with E-state index in [9.17, 15) is 9.59 Å². The molecule has 4 nitrogen and oxygen atoms in total. The summed E-state index contributed by atoms with van der Waals surface area (Å²) in [5.41, 5.74) is 0.736. The summed E-state index contributed by atoms with van der Waals surface area (Å²) < 4.78 is 9.18. The molecular formula is C10H14O4. The minimum absolute atomic E-state index is 0.267. The summed E-state index contributed by atoms with van der Waals surface area (Å²) in [5, 5.41) is 0. The van der Waals surface area contributed by atoms with Crippen molar-refractivity contribution in [2.24, 2.45) is 0 Å². The van der Waals surface area contributed by atoms with Crippen LogP contribution in [0.2, 0.25) is 0 Å². The molecule has 0 radical (unpaired) electrons. The van der Waals surface area contributed by atoms with E-state index in [1.165, 1.54) is 6.92 Å². The summed E-state index contributed by atoms with van der Waals surface area (Å²) in [5.74, 6) is -1.07. The van der Waals surface area contributed by atoms with Gasteiger partial charge in [0, 0.05) is 11.1 Å². The van der Waals surface area contributed by atoms with Crippen LogP contribution in [0.4, 0.5) is 0 Å². The number of ether oxygens (including phenoxy) is 2. The van der Waals surface area contributed by atoms with Gasteiger partial charge >= 0.3 is 11.9 Å². The first-order chi connectivity index (χ1) is 6.49. The molecule has 0 aliphatic rings. The number of hydrogen-bond donors (Lipinski definition) is 0. The Kier molecular flexibility index (Phi) is 5.29. The second kappa shape index (κ2) is 5.96. The quantitative estimate of drug-likeness (QED) is 0.391. The predicted molar refractivity (Wildman–Crippen MR) is 51.3 cm³/mol. The van der Waals surface area contributed by atoms with Gasteiger partial charge in [-0.05, 0) is 20.8 Å². The van der Waals surface area contributed by atoms with Gasteiger partial charge in [0.25, 0.3) is 0 Å². The van der Waals surface area contributed by atoms with E-state index >= 15 is 0 Å². The SMILES string of the molecule is C=C(C)C(=O)OCOC(=O)C(C)=CC. The van der Waals surface area contributed by atoms with Crippen LogP contribution in [0.3, 0.4) is 0 Å². The van der Waals surface area contributed by atoms with Gasteiger partial charge < -0.3 is 9.47 Å². The maximum Gasteiger partial charge on any atom is 0.336 e. The second-order valence-corrected chi connectivity index (χ2v) is 2.73. The third-order valence-corrected chi connectivity index (χ3v) is 1.48. The fraction of sp³-hybridized carbons (Fsp3) is 0.400. The zero-order valence-corrected chi connectivity index (χ0v) is 8.62. The average Bonchev–Trinajstić information content (AvgIpc) is 2.15. The molecule has 0 aromatic heterocycles. The van der Waals surface area contributed by atoms with Crippen LogP contribution < -0.4 is 0 Å². The fourth-order valence-electron chi connectivity index (χ4n) is 0.491. The van der Waals surface area contributed by atoms with Crippen molar-refractivity contribution in [3.8, 4) is 0 Å². The highest BCUT2D eigenvalue weighted by atomic mass is 16.7. The van der Waals surface area contributed by atoms with Gasteiger partial charge in [-0.1, -0.05) is 12.7 Å². The highest BCUT2D eigenvalue weighted by Crippen LogP contribution is 1.97. The summed E-state index contributed by atoms with van der Waals surface area (Å²) in [6.07, 6.45) is 1.61. The fourth-order valence-corrected chi connectivity index (χ4v) is 0.491. The van der Waals surface area contributed by atoms with Gasteiger partial charge in [-0.15, -0.1) is 0 Å². The third-order valence-electron chi connectivity index (χ3n) is 1.48. The zero-order chi connectivity index (χ0) is 11.1. The van der Waals surface area contributed by atoms with E-state index in [1.807, 2.05) is 0 Å². The Hall–Kier alpha value is -1.58. The highest BCUT2D eigenvalue weighted by molar-refractivity contribution is 5.88. The van der Waals surface area contributed by atoms with Gasteiger partial charge in [0.1, 0.15) is 0 Å². The molecule has 0 saturated carbocycles. The molecule has 0 N–H and O–H groups in total. The van der Waals surface area contributed by atoms with E-state index < -0.39 is 11.9 Å². The van der Waals surface area contributed by atoms with Gasteiger partial charge in [0.15, 0.2) is 0 Å². The van der Waals surface area contributed by atoms with Crippen molar-refractivity contribution in [3.05, 3.63) is 23.8 Å². The van der Waals surface area contributed by atoms with E-state index in [0.29, 0.717) is 5.57 Å². The maximum absolute atomic E-state index is 11.0. The number of hydrogen-bond acceptors (Lipinski definition) is 4. The van der Waals surface area contributed by atoms with Crippen LogP contribution in [-0.4, -0.2) is 18.7 Å². The summed E-state index contributed by atoms with van der Waals surface area (Å²) in [4.78, 5) is 21.9. The smallest absolute Gasteiger partial charge is 0.336 e. The lowest BCUT2D eigenvalue weighted by Gasteiger charge is -2.05. The van der Waals surface area contributed by atoms with Crippen LogP contribution in [0, 0.1) is 0 Å². The van der Waals surface area contributed by atoms with Gasteiger partial charge in [-0.2, -0.15) is 0 Å². The van der Waals surface area contributed by atoms with Crippen molar-refractivity contribution >= 4 is 11.9 Å². The zero-order valence-electron chi connectivity index (χ0n) is 8.62. The van der Waals surface area contributed by atoms with Crippen molar-refractivity contribution < 1.29 is 19.1 Å². The first kappa shape index (κ1) is 12.4. The largest absolute Gasteiger partial charge is 0.425 e. The van der Waals surface area contributed by atoms with Crippen molar-refractivity contribution in [2.75, 3.05) is 6.79 Å². The minimum atomic E-state index is -0.573. The van der Waals surface area contributed by atoms with Crippen molar-refractivity contribution in [3.63, 3.8) is 0 Å². The van der Waals surface area contributed by atoms with Crippen molar-refractivity contribution in [2.45, 2.75) is 20.8 Å². The van der Waals surface area contributed by atoms with Crippen LogP contribution in [-0.2, 0) is 19.1 Å². The summed E-state index contributed by atoms with van der Waals surface area (Å²) in [6.45, 7) is 7.85. The maximum atomic E-state index is 11.0. The molecule has 14 heavy (non-hydrogen) atoms. The molecule has 0 aliphatic heterocycles. The first-order valence-electron chi connectivity index (χ1n) is 4.11. The molecule has 0 spiro atoms. The van der Waals surface area contributed by atoms with E-state index in [0.717, 1.165) is 0 Å². The predicted octanol–water partition coefficient (Wildman–Crippen LogP) is 1.57. The van der Waals surface area contributed by atoms with Crippen LogP contribution >= 0.6 is 0 Å². The lowest BCUT2D eigenvalue weighted by molar-refractivity contribution is -0.161. The molecule has 0 rings (SSSR count). The van der Waals surface area contributed by atoms with E-state index in [-0.39, 0.29) is 12.4 Å². The first-order valence-corrected chi connectivity index (χ1v) is 4.11. The van der Waals surface area contributed by atoms with Crippen LogP contribution in [0.5, 0.6) is 0 Å². The van der Waals surface area contributed by atoms with Crippen molar-refractivity contribution in [1.29, 1.82) is 0 Å². The molecule has 0 amide bonds. The molecule has 0 unspecified atom stereocenters. The molecule has 0 fully saturated rings. The van der Waals surface area contributed by atoms with Gasteiger partial charge in [0.2, 0.25) is 6.79 Å². The highest BCUT2D eigenvalue weighted by Gasteiger charge is 2.07. The minimum Gasteiger partial charge on any atom is -0.425 e. The van der Waals surface area contributed by atoms with E-state index in [4.69, 9.17) is 0 Å². The number of allylic oxidation sites excluding steroid dienone is 1. The molecule has 0 bridgehead atoms. The van der Waals surface area contributed by atoms with Gasteiger partial charge in [0.05, 0.1) is 0 Å². The lowest BCUT2D eigenvalue weighted by atomic mass is 10.3. The molecule has 0 aliphatic carbocycles. The molecule has 0 atom stereocenters. The summed E-state index contributed by atoms with van der Waals surface area (Å²) in [7, 11) is 0. The normalized spacial score (nSPS) is 10.6. The average molecular weight is 198 g/mol. The summed E-state index contributed by atoms with van der Waals surface area (Å²) >= 11 is 0. The number of rotatable bonds is 4. The van der Waals surface area contributed by atoms with Gasteiger partial charge in [-0.25, -0.2) is 9.59 Å². The van der Waals surface area contributed by atoms with E-state index in [2.05, 4.69) is 16.1 Å². The van der Waals surface area contributed by atoms with E-state index in [1.54, 1.807) is 19.9 Å². The lowest BCUT2D eigenvalue weighted by Crippen LogP contribution is -2.13. The molecular weight excluding hydrogens is 184 g/mol. The molecule has 78 valence electrons. The molecule has 0 aromatic carbocycles. The number of esters is 2. The Labute approximate surface area is 83.2 Å². The van der Waals surface area contributed by atoms with Crippen LogP contribution in [0.15, 0.2) is 23.8 Å². The molecule has 0 heterocycles. The Balaban J connectivity index is 3.81. The monoisotopic (exact) mass is 198 g/mol.